The van der Waals surface area contributed by atoms with Crippen LogP contribution >= 0.6 is 11.6 Å². The number of aryl methyl sites for hydroxylation is 1. The molecule has 2 aromatic carbocycles. The summed E-state index contributed by atoms with van der Waals surface area (Å²) in [4.78, 5) is 11.1. The van der Waals surface area contributed by atoms with Crippen LogP contribution in [0.4, 0.5) is 5.69 Å². The van der Waals surface area contributed by atoms with Crippen molar-refractivity contribution in [1.82, 2.24) is 0 Å². The molecule has 0 atom stereocenters. The Morgan fingerprint density at radius 1 is 1.26 bits per heavy atom. The average molecular weight is 275 g/mol. The molecule has 0 heterocycles. The summed E-state index contributed by atoms with van der Waals surface area (Å²) in [7, 11) is 0. The molecule has 0 aliphatic carbocycles. The number of primary amides is 1. The summed E-state index contributed by atoms with van der Waals surface area (Å²) < 4.78 is 0. The SMILES string of the molecule is Cc1ccc(CNc2cccc(C(N)=O)c2)c(Cl)c1. The Balaban J connectivity index is 2.10. The van der Waals surface area contributed by atoms with Gasteiger partial charge in [0.15, 0.2) is 0 Å². The minimum absolute atomic E-state index is 0.433. The first kappa shape index (κ1) is 13.4. The predicted molar refractivity (Wildman–Crippen MR) is 78.5 cm³/mol. The molecule has 2 rings (SSSR count). The van der Waals surface area contributed by atoms with Gasteiger partial charge in [-0.3, -0.25) is 4.79 Å². The van der Waals surface area contributed by atoms with Crippen molar-refractivity contribution in [3.05, 3.63) is 64.2 Å². The van der Waals surface area contributed by atoms with Crippen LogP contribution in [0.15, 0.2) is 42.5 Å². The molecular formula is C15H15ClN2O. The topological polar surface area (TPSA) is 55.1 Å². The van der Waals surface area contributed by atoms with Crippen molar-refractivity contribution in [3.63, 3.8) is 0 Å². The largest absolute Gasteiger partial charge is 0.381 e. The molecule has 0 aliphatic heterocycles. The Labute approximate surface area is 117 Å². The summed E-state index contributed by atoms with van der Waals surface area (Å²) in [5.74, 6) is -0.433. The van der Waals surface area contributed by atoms with E-state index in [1.54, 1.807) is 18.2 Å². The van der Waals surface area contributed by atoms with Crippen molar-refractivity contribution in [2.45, 2.75) is 13.5 Å². The first-order chi connectivity index (χ1) is 9.06. The number of rotatable bonds is 4. The zero-order valence-electron chi connectivity index (χ0n) is 10.6. The maximum absolute atomic E-state index is 11.1. The number of hydrogen-bond acceptors (Lipinski definition) is 2. The van der Waals surface area contributed by atoms with E-state index in [0.29, 0.717) is 12.1 Å². The van der Waals surface area contributed by atoms with Gasteiger partial charge in [0.25, 0.3) is 0 Å². The number of carbonyl (C=O) groups is 1. The Morgan fingerprint density at radius 3 is 2.74 bits per heavy atom. The van der Waals surface area contributed by atoms with Gasteiger partial charge in [0, 0.05) is 22.8 Å². The summed E-state index contributed by atoms with van der Waals surface area (Å²) in [6.45, 7) is 2.60. The van der Waals surface area contributed by atoms with Gasteiger partial charge in [0.2, 0.25) is 5.91 Å². The lowest BCUT2D eigenvalue weighted by molar-refractivity contribution is 0.100. The molecule has 0 aromatic heterocycles. The van der Waals surface area contributed by atoms with E-state index in [4.69, 9.17) is 17.3 Å². The maximum atomic E-state index is 11.1. The van der Waals surface area contributed by atoms with Crippen LogP contribution in [0.5, 0.6) is 0 Å². The van der Waals surface area contributed by atoms with Gasteiger partial charge in [-0.2, -0.15) is 0 Å². The normalized spacial score (nSPS) is 10.2. The van der Waals surface area contributed by atoms with Gasteiger partial charge in [0.05, 0.1) is 0 Å². The second-order valence-corrected chi connectivity index (χ2v) is 4.80. The Kier molecular flexibility index (Phi) is 4.07. The number of halogens is 1. The molecule has 0 saturated carbocycles. The standard InChI is InChI=1S/C15H15ClN2O/c1-10-5-6-12(14(16)7-10)9-18-13-4-2-3-11(8-13)15(17)19/h2-8,18H,9H2,1H3,(H2,17,19). The smallest absolute Gasteiger partial charge is 0.248 e. The van der Waals surface area contributed by atoms with E-state index in [-0.39, 0.29) is 0 Å². The van der Waals surface area contributed by atoms with Crippen molar-refractivity contribution in [2.75, 3.05) is 5.32 Å². The van der Waals surface area contributed by atoms with Crippen LogP contribution in [0.3, 0.4) is 0 Å². The molecule has 2 aromatic rings. The van der Waals surface area contributed by atoms with Gasteiger partial charge in [-0.1, -0.05) is 29.8 Å². The van der Waals surface area contributed by atoms with Crippen molar-refractivity contribution < 1.29 is 4.79 Å². The van der Waals surface area contributed by atoms with E-state index in [0.717, 1.165) is 21.8 Å². The molecule has 4 heteroatoms. The van der Waals surface area contributed by atoms with Crippen molar-refractivity contribution in [1.29, 1.82) is 0 Å². The molecule has 98 valence electrons. The third kappa shape index (κ3) is 3.48. The molecule has 19 heavy (non-hydrogen) atoms. The number of benzene rings is 2. The van der Waals surface area contributed by atoms with Gasteiger partial charge in [-0.05, 0) is 42.3 Å². The van der Waals surface area contributed by atoms with Crippen LogP contribution < -0.4 is 11.1 Å². The highest BCUT2D eigenvalue weighted by Crippen LogP contribution is 2.19. The molecule has 0 spiro atoms. The fraction of sp³-hybridized carbons (Fsp3) is 0.133. The number of nitrogens with two attached hydrogens (primary N) is 1. The zero-order valence-corrected chi connectivity index (χ0v) is 11.4. The molecule has 0 aliphatic rings. The Morgan fingerprint density at radius 2 is 2.05 bits per heavy atom. The van der Waals surface area contributed by atoms with Crippen molar-refractivity contribution in [3.8, 4) is 0 Å². The molecule has 0 radical (unpaired) electrons. The van der Waals surface area contributed by atoms with E-state index in [1.165, 1.54) is 0 Å². The Bertz CT molecular complexity index is 611. The molecule has 0 fully saturated rings. The van der Waals surface area contributed by atoms with Gasteiger partial charge in [0.1, 0.15) is 0 Å². The summed E-state index contributed by atoms with van der Waals surface area (Å²) in [5.41, 5.74) is 8.71. The first-order valence-electron chi connectivity index (χ1n) is 5.95. The number of hydrogen-bond donors (Lipinski definition) is 2. The van der Waals surface area contributed by atoms with Crippen LogP contribution in [-0.2, 0) is 6.54 Å². The molecule has 0 unspecified atom stereocenters. The monoisotopic (exact) mass is 274 g/mol. The van der Waals surface area contributed by atoms with Crippen LogP contribution in [0.2, 0.25) is 5.02 Å². The first-order valence-corrected chi connectivity index (χ1v) is 6.33. The minimum Gasteiger partial charge on any atom is -0.381 e. The minimum atomic E-state index is -0.433. The number of nitrogens with one attached hydrogen (secondary N) is 1. The van der Waals surface area contributed by atoms with E-state index in [2.05, 4.69) is 5.32 Å². The highest BCUT2D eigenvalue weighted by atomic mass is 35.5. The van der Waals surface area contributed by atoms with Gasteiger partial charge >= 0.3 is 0 Å². The lowest BCUT2D eigenvalue weighted by Gasteiger charge is -2.09. The highest BCUT2D eigenvalue weighted by Gasteiger charge is 2.03. The fourth-order valence-electron chi connectivity index (χ4n) is 1.78. The highest BCUT2D eigenvalue weighted by molar-refractivity contribution is 6.31. The molecule has 3 N–H and O–H groups in total. The fourth-order valence-corrected chi connectivity index (χ4v) is 2.08. The predicted octanol–water partition coefficient (Wildman–Crippen LogP) is 3.36. The maximum Gasteiger partial charge on any atom is 0.248 e. The number of amides is 1. The second kappa shape index (κ2) is 5.76. The third-order valence-corrected chi connectivity index (χ3v) is 3.19. The van der Waals surface area contributed by atoms with Crippen LogP contribution in [-0.4, -0.2) is 5.91 Å². The van der Waals surface area contributed by atoms with E-state index >= 15 is 0 Å². The molecular weight excluding hydrogens is 260 g/mol. The second-order valence-electron chi connectivity index (χ2n) is 4.39. The number of carbonyl (C=O) groups excluding carboxylic acids is 1. The van der Waals surface area contributed by atoms with Crippen molar-refractivity contribution in [2.24, 2.45) is 5.73 Å². The van der Waals surface area contributed by atoms with Gasteiger partial charge in [-0.15, -0.1) is 0 Å². The molecule has 0 bridgehead atoms. The Hall–Kier alpha value is -2.00. The zero-order chi connectivity index (χ0) is 13.8. The summed E-state index contributed by atoms with van der Waals surface area (Å²) in [6.07, 6.45) is 0. The molecule has 0 saturated heterocycles. The summed E-state index contributed by atoms with van der Waals surface area (Å²) >= 11 is 6.16. The van der Waals surface area contributed by atoms with Crippen LogP contribution in [0.25, 0.3) is 0 Å². The number of anilines is 1. The average Bonchev–Trinajstić information content (AvgIpc) is 2.38. The summed E-state index contributed by atoms with van der Waals surface area (Å²) in [5, 5.41) is 3.96. The molecule has 1 amide bonds. The van der Waals surface area contributed by atoms with Crippen LogP contribution in [0.1, 0.15) is 21.5 Å². The lowest BCUT2D eigenvalue weighted by atomic mass is 10.1. The van der Waals surface area contributed by atoms with E-state index in [9.17, 15) is 4.79 Å². The lowest BCUT2D eigenvalue weighted by Crippen LogP contribution is -2.11. The summed E-state index contributed by atoms with van der Waals surface area (Å²) in [6, 6.07) is 13.0. The molecule has 3 nitrogen and oxygen atoms in total. The van der Waals surface area contributed by atoms with Crippen molar-refractivity contribution >= 4 is 23.2 Å². The van der Waals surface area contributed by atoms with E-state index < -0.39 is 5.91 Å². The van der Waals surface area contributed by atoms with Gasteiger partial charge < -0.3 is 11.1 Å². The third-order valence-electron chi connectivity index (χ3n) is 2.84. The van der Waals surface area contributed by atoms with E-state index in [1.807, 2.05) is 31.2 Å². The quantitative estimate of drug-likeness (QED) is 0.898. The van der Waals surface area contributed by atoms with Gasteiger partial charge in [-0.25, -0.2) is 0 Å². The van der Waals surface area contributed by atoms with Crippen LogP contribution in [0, 0.1) is 6.92 Å².